The summed E-state index contributed by atoms with van der Waals surface area (Å²) in [6, 6.07) is 14.9. The Kier molecular flexibility index (Phi) is 6.00. The van der Waals surface area contributed by atoms with Crippen molar-refractivity contribution in [1.29, 1.82) is 5.26 Å². The molecule has 0 atom stereocenters. The van der Waals surface area contributed by atoms with Gasteiger partial charge in [-0.1, -0.05) is 35.9 Å². The lowest BCUT2D eigenvalue weighted by molar-refractivity contribution is -0.112. The Morgan fingerprint density at radius 2 is 1.92 bits per heavy atom. The summed E-state index contributed by atoms with van der Waals surface area (Å²) in [4.78, 5) is 12.2. The number of halogens is 1. The molecule has 0 aliphatic rings. The summed E-state index contributed by atoms with van der Waals surface area (Å²) in [5, 5.41) is 15.6. The second-order valence-corrected chi connectivity index (χ2v) is 5.82. The zero-order chi connectivity index (χ0) is 17.5. The van der Waals surface area contributed by atoms with Crippen LogP contribution in [-0.4, -0.2) is 5.91 Å². The molecule has 1 amide bonds. The molecule has 5 heteroatoms. The van der Waals surface area contributed by atoms with Crippen LogP contribution in [0.5, 0.6) is 0 Å². The Labute approximate surface area is 146 Å². The van der Waals surface area contributed by atoms with E-state index in [-0.39, 0.29) is 5.57 Å². The fourth-order valence-electron chi connectivity index (χ4n) is 2.10. The summed E-state index contributed by atoms with van der Waals surface area (Å²) in [6.07, 6.45) is 1.43. The second kappa shape index (κ2) is 8.19. The maximum Gasteiger partial charge on any atom is 0.267 e. The third kappa shape index (κ3) is 4.61. The van der Waals surface area contributed by atoms with E-state index in [2.05, 4.69) is 10.6 Å². The predicted molar refractivity (Wildman–Crippen MR) is 96.5 cm³/mol. The Morgan fingerprint density at radius 1 is 1.21 bits per heavy atom. The minimum Gasteiger partial charge on any atom is -0.386 e. The van der Waals surface area contributed by atoms with E-state index in [1.54, 1.807) is 12.1 Å². The average molecular weight is 340 g/mol. The highest BCUT2D eigenvalue weighted by molar-refractivity contribution is 6.30. The standard InChI is InChI=1S/C19H18ClN3O/c1-13-4-3-5-18(14(13)2)23-19(24)16(10-21)12-22-11-15-6-8-17(20)9-7-15/h3-9,12,22H,11H2,1-2H3,(H,23,24)/b16-12-. The minimum atomic E-state index is -0.435. The number of nitrogens with zero attached hydrogens (tertiary/aromatic N) is 1. The normalized spacial score (nSPS) is 10.8. The van der Waals surface area contributed by atoms with Gasteiger partial charge >= 0.3 is 0 Å². The smallest absolute Gasteiger partial charge is 0.267 e. The highest BCUT2D eigenvalue weighted by atomic mass is 35.5. The number of rotatable bonds is 5. The highest BCUT2D eigenvalue weighted by Gasteiger charge is 2.11. The van der Waals surface area contributed by atoms with Gasteiger partial charge < -0.3 is 10.6 Å². The molecule has 0 radical (unpaired) electrons. The molecule has 2 rings (SSSR count). The molecule has 0 heterocycles. The first-order valence-corrected chi connectivity index (χ1v) is 7.84. The van der Waals surface area contributed by atoms with Crippen LogP contribution >= 0.6 is 11.6 Å². The zero-order valence-corrected chi connectivity index (χ0v) is 14.3. The van der Waals surface area contributed by atoms with Crippen molar-refractivity contribution in [3.8, 4) is 6.07 Å². The number of carbonyl (C=O) groups excluding carboxylic acids is 1. The maximum absolute atomic E-state index is 12.2. The molecule has 0 aliphatic heterocycles. The lowest BCUT2D eigenvalue weighted by Gasteiger charge is -2.10. The number of nitrogens with one attached hydrogen (secondary N) is 2. The van der Waals surface area contributed by atoms with Gasteiger partial charge in [0.05, 0.1) is 0 Å². The fourth-order valence-corrected chi connectivity index (χ4v) is 2.22. The van der Waals surface area contributed by atoms with Gasteiger partial charge in [-0.25, -0.2) is 0 Å². The molecule has 24 heavy (non-hydrogen) atoms. The van der Waals surface area contributed by atoms with Crippen LogP contribution in [0, 0.1) is 25.2 Å². The van der Waals surface area contributed by atoms with E-state index in [1.165, 1.54) is 6.20 Å². The van der Waals surface area contributed by atoms with Crippen molar-refractivity contribution in [2.24, 2.45) is 0 Å². The quantitative estimate of drug-likeness (QED) is 0.637. The summed E-state index contributed by atoms with van der Waals surface area (Å²) in [6.45, 7) is 4.40. The molecule has 0 bridgehead atoms. The topological polar surface area (TPSA) is 64.9 Å². The average Bonchev–Trinajstić information content (AvgIpc) is 2.57. The Morgan fingerprint density at radius 3 is 2.58 bits per heavy atom. The number of nitriles is 1. The maximum atomic E-state index is 12.2. The van der Waals surface area contributed by atoms with Gasteiger partial charge in [-0.15, -0.1) is 0 Å². The summed E-state index contributed by atoms with van der Waals surface area (Å²) in [5.41, 5.74) is 3.79. The van der Waals surface area contributed by atoms with E-state index in [0.717, 1.165) is 16.7 Å². The first kappa shape index (κ1) is 17.6. The van der Waals surface area contributed by atoms with E-state index < -0.39 is 5.91 Å². The third-order valence-corrected chi connectivity index (χ3v) is 3.94. The van der Waals surface area contributed by atoms with Crippen LogP contribution in [-0.2, 0) is 11.3 Å². The minimum absolute atomic E-state index is 0.0184. The van der Waals surface area contributed by atoms with Crippen LogP contribution in [0.4, 0.5) is 5.69 Å². The largest absolute Gasteiger partial charge is 0.386 e. The zero-order valence-electron chi connectivity index (χ0n) is 13.6. The molecule has 0 aliphatic carbocycles. The Bertz CT molecular complexity index is 804. The molecule has 0 saturated heterocycles. The van der Waals surface area contributed by atoms with Crippen molar-refractivity contribution >= 4 is 23.2 Å². The molecule has 2 N–H and O–H groups in total. The SMILES string of the molecule is Cc1cccc(NC(=O)/C(C#N)=C\NCc2ccc(Cl)cc2)c1C. The monoisotopic (exact) mass is 339 g/mol. The van der Waals surface area contributed by atoms with Gasteiger partial charge in [-0.3, -0.25) is 4.79 Å². The van der Waals surface area contributed by atoms with Crippen LogP contribution in [0.1, 0.15) is 16.7 Å². The fraction of sp³-hybridized carbons (Fsp3) is 0.158. The van der Waals surface area contributed by atoms with E-state index in [9.17, 15) is 10.1 Å². The van der Waals surface area contributed by atoms with Crippen molar-refractivity contribution in [1.82, 2.24) is 5.32 Å². The van der Waals surface area contributed by atoms with E-state index in [4.69, 9.17) is 11.6 Å². The summed E-state index contributed by atoms with van der Waals surface area (Å²) < 4.78 is 0. The van der Waals surface area contributed by atoms with Gasteiger partial charge in [0.1, 0.15) is 11.6 Å². The van der Waals surface area contributed by atoms with Crippen molar-refractivity contribution in [3.05, 3.63) is 76.0 Å². The molecule has 2 aromatic rings. The number of benzene rings is 2. The number of aryl methyl sites for hydroxylation is 1. The van der Waals surface area contributed by atoms with Crippen molar-refractivity contribution < 1.29 is 4.79 Å². The second-order valence-electron chi connectivity index (χ2n) is 5.38. The van der Waals surface area contributed by atoms with Crippen LogP contribution in [0.2, 0.25) is 5.02 Å². The molecule has 0 unspecified atom stereocenters. The van der Waals surface area contributed by atoms with Crippen LogP contribution in [0.3, 0.4) is 0 Å². The number of amides is 1. The first-order chi connectivity index (χ1) is 11.5. The van der Waals surface area contributed by atoms with Gasteiger partial charge in [0.15, 0.2) is 0 Å². The third-order valence-electron chi connectivity index (χ3n) is 3.68. The predicted octanol–water partition coefficient (Wildman–Crippen LogP) is 4.09. The van der Waals surface area contributed by atoms with Gasteiger partial charge in [0, 0.05) is 23.5 Å². The van der Waals surface area contributed by atoms with Gasteiger partial charge in [-0.2, -0.15) is 5.26 Å². The van der Waals surface area contributed by atoms with Gasteiger partial charge in [-0.05, 0) is 48.7 Å². The Hall–Kier alpha value is -2.77. The highest BCUT2D eigenvalue weighted by Crippen LogP contribution is 2.18. The number of anilines is 1. The molecule has 0 saturated carbocycles. The molecule has 0 fully saturated rings. The lowest BCUT2D eigenvalue weighted by atomic mass is 10.1. The van der Waals surface area contributed by atoms with Crippen molar-refractivity contribution in [3.63, 3.8) is 0 Å². The Balaban J connectivity index is 2.01. The number of hydrogen-bond acceptors (Lipinski definition) is 3. The van der Waals surface area contributed by atoms with Crippen LogP contribution < -0.4 is 10.6 Å². The molecular formula is C19H18ClN3O. The summed E-state index contributed by atoms with van der Waals surface area (Å²) >= 11 is 5.83. The van der Waals surface area contributed by atoms with Crippen molar-refractivity contribution in [2.75, 3.05) is 5.32 Å². The van der Waals surface area contributed by atoms with Crippen LogP contribution in [0.25, 0.3) is 0 Å². The molecule has 0 spiro atoms. The molecule has 2 aromatic carbocycles. The first-order valence-electron chi connectivity index (χ1n) is 7.47. The molecule has 4 nitrogen and oxygen atoms in total. The van der Waals surface area contributed by atoms with Gasteiger partial charge in [0.25, 0.3) is 5.91 Å². The molecular weight excluding hydrogens is 322 g/mol. The summed E-state index contributed by atoms with van der Waals surface area (Å²) in [5.74, 6) is -0.435. The summed E-state index contributed by atoms with van der Waals surface area (Å²) in [7, 11) is 0. The van der Waals surface area contributed by atoms with E-state index >= 15 is 0 Å². The number of carbonyl (C=O) groups is 1. The van der Waals surface area contributed by atoms with Crippen LogP contribution in [0.15, 0.2) is 54.2 Å². The number of hydrogen-bond donors (Lipinski definition) is 2. The van der Waals surface area contributed by atoms with E-state index in [1.807, 2.05) is 50.2 Å². The van der Waals surface area contributed by atoms with Crippen molar-refractivity contribution in [2.45, 2.75) is 20.4 Å². The lowest BCUT2D eigenvalue weighted by Crippen LogP contribution is -2.17. The van der Waals surface area contributed by atoms with E-state index in [0.29, 0.717) is 17.3 Å². The molecule has 122 valence electrons. The molecule has 0 aromatic heterocycles. The van der Waals surface area contributed by atoms with Gasteiger partial charge in [0.2, 0.25) is 0 Å².